The fourth-order valence-electron chi connectivity index (χ4n) is 3.92. The summed E-state index contributed by atoms with van der Waals surface area (Å²) in [5, 5.41) is 0. The van der Waals surface area contributed by atoms with E-state index in [4.69, 9.17) is 4.74 Å². The number of para-hydroxylation sites is 2. The van der Waals surface area contributed by atoms with Crippen LogP contribution in [0.25, 0.3) is 0 Å². The lowest BCUT2D eigenvalue weighted by molar-refractivity contribution is -0.133. The van der Waals surface area contributed by atoms with Gasteiger partial charge in [0.1, 0.15) is 11.8 Å². The predicted octanol–water partition coefficient (Wildman–Crippen LogP) is 1.95. The molecule has 2 saturated heterocycles. The molecule has 1 amide bonds. The Kier molecular flexibility index (Phi) is 5.27. The van der Waals surface area contributed by atoms with Gasteiger partial charge in [-0.25, -0.2) is 10.9 Å². The first kappa shape index (κ1) is 17.8. The van der Waals surface area contributed by atoms with Crippen LogP contribution >= 0.6 is 0 Å². The summed E-state index contributed by atoms with van der Waals surface area (Å²) in [4.78, 5) is 17.3. The summed E-state index contributed by atoms with van der Waals surface area (Å²) >= 11 is 0. The van der Waals surface area contributed by atoms with Gasteiger partial charge in [0.05, 0.1) is 13.2 Å². The molecule has 6 nitrogen and oxygen atoms in total. The quantitative estimate of drug-likeness (QED) is 0.866. The number of carbonyl (C=O) groups excluding carboxylic acids is 1. The van der Waals surface area contributed by atoms with Crippen molar-refractivity contribution in [2.75, 3.05) is 38.2 Å². The molecule has 2 aliphatic rings. The summed E-state index contributed by atoms with van der Waals surface area (Å²) in [6.07, 6.45) is 0.720. The van der Waals surface area contributed by atoms with Gasteiger partial charge >= 0.3 is 0 Å². The van der Waals surface area contributed by atoms with Crippen LogP contribution in [0.1, 0.15) is 18.0 Å². The van der Waals surface area contributed by atoms with Crippen LogP contribution in [0.15, 0.2) is 54.6 Å². The summed E-state index contributed by atoms with van der Waals surface area (Å²) in [5.74, 6) is 1.02. The molecule has 27 heavy (non-hydrogen) atoms. The van der Waals surface area contributed by atoms with E-state index >= 15 is 0 Å². The second-order valence-corrected chi connectivity index (χ2v) is 7.02. The van der Waals surface area contributed by atoms with Crippen molar-refractivity contribution < 1.29 is 9.53 Å². The second-order valence-electron chi connectivity index (χ2n) is 7.02. The van der Waals surface area contributed by atoms with E-state index in [1.807, 2.05) is 35.2 Å². The highest BCUT2D eigenvalue weighted by atomic mass is 16.5. The van der Waals surface area contributed by atoms with Crippen molar-refractivity contribution in [1.82, 2.24) is 15.8 Å². The van der Waals surface area contributed by atoms with Crippen molar-refractivity contribution in [2.24, 2.45) is 0 Å². The van der Waals surface area contributed by atoms with Crippen molar-refractivity contribution in [2.45, 2.75) is 18.5 Å². The van der Waals surface area contributed by atoms with Gasteiger partial charge in [0, 0.05) is 37.4 Å². The smallest absolute Gasteiger partial charge is 0.241 e. The third kappa shape index (κ3) is 3.77. The molecule has 2 atom stereocenters. The minimum atomic E-state index is -0.205. The molecule has 0 aliphatic carbocycles. The SMILES string of the molecule is COc1ccccc1C1CC(C(=O)N2CCN(c3ccccc3)CC2)NN1. The molecule has 2 aliphatic heterocycles. The lowest BCUT2D eigenvalue weighted by Gasteiger charge is -2.37. The first-order valence-corrected chi connectivity index (χ1v) is 9.49. The number of benzene rings is 2. The van der Waals surface area contributed by atoms with Crippen molar-refractivity contribution in [3.05, 3.63) is 60.2 Å². The highest BCUT2D eigenvalue weighted by Crippen LogP contribution is 2.30. The van der Waals surface area contributed by atoms with Crippen molar-refractivity contribution in [1.29, 1.82) is 0 Å². The topological polar surface area (TPSA) is 56.8 Å². The number of anilines is 1. The fourth-order valence-corrected chi connectivity index (χ4v) is 3.92. The van der Waals surface area contributed by atoms with Crippen LogP contribution < -0.4 is 20.5 Å². The fraction of sp³-hybridized carbons (Fsp3) is 0.381. The predicted molar refractivity (Wildman–Crippen MR) is 106 cm³/mol. The molecule has 2 fully saturated rings. The molecule has 2 unspecified atom stereocenters. The molecule has 2 N–H and O–H groups in total. The molecule has 0 saturated carbocycles. The zero-order chi connectivity index (χ0) is 18.6. The third-order valence-electron chi connectivity index (χ3n) is 5.43. The number of amides is 1. The molecule has 4 rings (SSSR count). The molecule has 6 heteroatoms. The Morgan fingerprint density at radius 2 is 1.67 bits per heavy atom. The Morgan fingerprint density at radius 1 is 0.963 bits per heavy atom. The summed E-state index contributed by atoms with van der Waals surface area (Å²) in [6.45, 7) is 3.24. The number of hydrogen-bond donors (Lipinski definition) is 2. The normalized spacial score (nSPS) is 22.7. The number of piperazine rings is 1. The Labute approximate surface area is 160 Å². The van der Waals surface area contributed by atoms with Gasteiger partial charge in [0.2, 0.25) is 5.91 Å². The molecular formula is C21H26N4O2. The van der Waals surface area contributed by atoms with E-state index in [9.17, 15) is 4.79 Å². The third-order valence-corrected chi connectivity index (χ3v) is 5.43. The van der Waals surface area contributed by atoms with Gasteiger partial charge in [-0.3, -0.25) is 4.79 Å². The van der Waals surface area contributed by atoms with Gasteiger partial charge in [0.15, 0.2) is 0 Å². The monoisotopic (exact) mass is 366 g/mol. The van der Waals surface area contributed by atoms with E-state index in [-0.39, 0.29) is 18.0 Å². The van der Waals surface area contributed by atoms with Crippen LogP contribution in [0.3, 0.4) is 0 Å². The number of rotatable bonds is 4. The number of ether oxygens (including phenoxy) is 1. The Morgan fingerprint density at radius 3 is 2.41 bits per heavy atom. The summed E-state index contributed by atoms with van der Waals surface area (Å²) in [7, 11) is 1.68. The van der Waals surface area contributed by atoms with Gasteiger partial charge < -0.3 is 14.5 Å². The van der Waals surface area contributed by atoms with E-state index in [1.165, 1.54) is 5.69 Å². The molecule has 2 heterocycles. The second kappa shape index (κ2) is 7.98. The highest BCUT2D eigenvalue weighted by Gasteiger charge is 2.35. The van der Waals surface area contributed by atoms with Gasteiger partial charge in [-0.1, -0.05) is 36.4 Å². The van der Waals surface area contributed by atoms with Crippen LogP contribution in [0.5, 0.6) is 5.75 Å². The zero-order valence-electron chi connectivity index (χ0n) is 15.6. The Bertz CT molecular complexity index is 775. The standard InChI is InChI=1S/C21H26N4O2/c1-27-20-10-6-5-9-17(20)18-15-19(23-22-18)21(26)25-13-11-24(12-14-25)16-7-3-2-4-8-16/h2-10,18-19,22-23H,11-15H2,1H3. The first-order chi connectivity index (χ1) is 13.3. The van der Waals surface area contributed by atoms with E-state index in [0.717, 1.165) is 43.9 Å². The van der Waals surface area contributed by atoms with Crippen LogP contribution in [0.4, 0.5) is 5.69 Å². The van der Waals surface area contributed by atoms with Crippen LogP contribution in [-0.2, 0) is 4.79 Å². The average Bonchev–Trinajstić information content (AvgIpc) is 3.24. The molecule has 0 bridgehead atoms. The number of carbonyl (C=O) groups is 1. The van der Waals surface area contributed by atoms with Crippen LogP contribution in [-0.4, -0.2) is 50.1 Å². The molecule has 142 valence electrons. The zero-order valence-corrected chi connectivity index (χ0v) is 15.6. The molecule has 0 spiro atoms. The number of hydrogen-bond acceptors (Lipinski definition) is 5. The molecule has 2 aromatic carbocycles. The van der Waals surface area contributed by atoms with Gasteiger partial charge in [-0.15, -0.1) is 0 Å². The molecular weight excluding hydrogens is 340 g/mol. The maximum atomic E-state index is 12.9. The van der Waals surface area contributed by atoms with Crippen molar-refractivity contribution in [3.63, 3.8) is 0 Å². The summed E-state index contributed by atoms with van der Waals surface area (Å²) in [6, 6.07) is 18.2. The first-order valence-electron chi connectivity index (χ1n) is 9.49. The summed E-state index contributed by atoms with van der Waals surface area (Å²) in [5.41, 5.74) is 8.75. The van der Waals surface area contributed by atoms with E-state index in [0.29, 0.717) is 0 Å². The summed E-state index contributed by atoms with van der Waals surface area (Å²) < 4.78 is 5.45. The lowest BCUT2D eigenvalue weighted by atomic mass is 10.0. The number of hydrazine groups is 1. The molecule has 0 aromatic heterocycles. The lowest BCUT2D eigenvalue weighted by Crippen LogP contribution is -2.53. The highest BCUT2D eigenvalue weighted by molar-refractivity contribution is 5.82. The maximum Gasteiger partial charge on any atom is 0.241 e. The van der Waals surface area contributed by atoms with E-state index < -0.39 is 0 Å². The van der Waals surface area contributed by atoms with Gasteiger partial charge in [-0.2, -0.15) is 0 Å². The van der Waals surface area contributed by atoms with Crippen molar-refractivity contribution >= 4 is 11.6 Å². The number of nitrogens with zero attached hydrogens (tertiary/aromatic N) is 2. The van der Waals surface area contributed by atoms with Gasteiger partial charge in [-0.05, 0) is 24.6 Å². The minimum absolute atomic E-state index is 0.0701. The van der Waals surface area contributed by atoms with Gasteiger partial charge in [0.25, 0.3) is 0 Å². The Hall–Kier alpha value is -2.57. The number of nitrogens with one attached hydrogen (secondary N) is 2. The Balaban J connectivity index is 1.35. The largest absolute Gasteiger partial charge is 0.496 e. The average molecular weight is 366 g/mol. The van der Waals surface area contributed by atoms with E-state index in [1.54, 1.807) is 7.11 Å². The molecule has 2 aromatic rings. The van der Waals surface area contributed by atoms with Crippen molar-refractivity contribution in [3.8, 4) is 5.75 Å². The van der Waals surface area contributed by atoms with E-state index in [2.05, 4.69) is 40.0 Å². The maximum absolute atomic E-state index is 12.9. The molecule has 0 radical (unpaired) electrons. The number of methoxy groups -OCH3 is 1. The van der Waals surface area contributed by atoms with Crippen LogP contribution in [0.2, 0.25) is 0 Å². The minimum Gasteiger partial charge on any atom is -0.496 e. The van der Waals surface area contributed by atoms with Crippen LogP contribution in [0, 0.1) is 0 Å².